The minimum atomic E-state index is -1.18. The maximum absolute atomic E-state index is 13.9. The third-order valence-electron chi connectivity index (χ3n) is 23.0. The SMILES string of the molecule is CCN(CC)C(=O)Cc1nnc(-c2c(O)nc(CCC3CC3)n(-c3c(CO)cccc3OC)c2=O)o1.CCNCC.CCOC(=O)CC(=O)O.CCOC(=O)Cc1nnc(-c2c(O)nc(CCC3CC3)n(-c3c(CO)cccc3OC)c2=O)o1.COc1cccc(CO)c1-n1c(CCC2CC2)nc(O)c(-c2nnc(CC(=O)O)o2)c1=O.COc1cccc(CO)c1-n1c(CCC2CC2)nc(O)c(C(=O)NN)c1=O. The number of aliphatic hydroxyl groups excluding tert-OH is 4. The Hall–Kier alpha value is -15.2. The minimum Gasteiger partial charge on any atom is -0.495 e. The molecule has 11 aromatic rings. The van der Waals surface area contributed by atoms with Crippen LogP contribution in [0.1, 0.15) is 199 Å². The zero-order chi connectivity index (χ0) is 104. The predicted molar refractivity (Wildman–Crippen MR) is 508 cm³/mol. The van der Waals surface area contributed by atoms with Gasteiger partial charge in [-0.05, 0) is 114 Å². The number of carboxylic acids is 2. The number of carbonyl (C=O) groups excluding carboxylic acids is 4. The Morgan fingerprint density at radius 3 is 0.979 bits per heavy atom. The van der Waals surface area contributed by atoms with Crippen LogP contribution in [0.3, 0.4) is 0 Å². The highest BCUT2D eigenvalue weighted by Gasteiger charge is 2.35. The molecule has 47 heteroatoms. The number of nitrogen functional groups attached to an aromatic ring is 1. The van der Waals surface area contributed by atoms with Gasteiger partial charge in [0.2, 0.25) is 47.1 Å². The molecule has 0 bridgehead atoms. The highest BCUT2D eigenvalue weighted by Crippen LogP contribution is 2.41. The van der Waals surface area contributed by atoms with E-state index in [2.05, 4.69) is 74.4 Å². The molecule has 7 heterocycles. The minimum absolute atomic E-state index is 0.0263. The van der Waals surface area contributed by atoms with Crippen LogP contribution in [-0.2, 0) is 105 Å². The van der Waals surface area contributed by atoms with Crippen LogP contribution in [0.25, 0.3) is 57.1 Å². The molecule has 0 unspecified atom stereocenters. The second kappa shape index (κ2) is 52.9. The van der Waals surface area contributed by atoms with Gasteiger partial charge in [0.05, 0.1) is 90.8 Å². The zero-order valence-electron chi connectivity index (χ0n) is 81.0. The number of hydrazine groups is 1. The van der Waals surface area contributed by atoms with Crippen molar-refractivity contribution >= 4 is 35.7 Å². The summed E-state index contributed by atoms with van der Waals surface area (Å²) in [6, 6.07) is 20.1. The molecule has 47 nitrogen and oxygen atoms in total. The van der Waals surface area contributed by atoms with Crippen molar-refractivity contribution in [2.45, 2.75) is 196 Å². The number of para-hydroxylation sites is 4. The van der Waals surface area contributed by atoms with Crippen LogP contribution in [-0.4, -0.2) is 228 Å². The number of aromatic hydroxyl groups is 4. The molecule has 4 saturated carbocycles. The van der Waals surface area contributed by atoms with Crippen LogP contribution in [0.4, 0.5) is 0 Å². The summed E-state index contributed by atoms with van der Waals surface area (Å²) in [5.74, 6) is 1.80. The number of amides is 2. The number of benzene rings is 4. The fraction of sp³-hybridized carbons (Fsp3) is 0.458. The van der Waals surface area contributed by atoms with E-state index < -0.39 is 93.9 Å². The van der Waals surface area contributed by atoms with E-state index in [4.69, 9.17) is 53.0 Å². The number of hydrogen-bond acceptors (Lipinski definition) is 39. The van der Waals surface area contributed by atoms with Crippen molar-refractivity contribution in [3.05, 3.63) is 183 Å². The average molecular weight is 1990 g/mol. The van der Waals surface area contributed by atoms with Gasteiger partial charge in [-0.1, -0.05) is 114 Å². The van der Waals surface area contributed by atoms with E-state index in [9.17, 15) is 88.8 Å². The number of aromatic nitrogens is 14. The summed E-state index contributed by atoms with van der Waals surface area (Å²) >= 11 is 0. The van der Waals surface area contributed by atoms with Crippen LogP contribution in [0.5, 0.6) is 46.5 Å². The van der Waals surface area contributed by atoms with Gasteiger partial charge in [-0.25, -0.2) is 5.84 Å². The zero-order valence-corrected chi connectivity index (χ0v) is 81.0. The second-order valence-corrected chi connectivity index (χ2v) is 33.0. The number of carboxylic acid groups (broad SMARTS) is 2. The quantitative estimate of drug-likeness (QED) is 0.00625. The number of nitrogens with zero attached hydrogens (tertiary/aromatic N) is 15. The number of esters is 2. The van der Waals surface area contributed by atoms with E-state index in [0.717, 1.165) is 90.1 Å². The number of rotatable bonds is 42. The van der Waals surface area contributed by atoms with Gasteiger partial charge < -0.3 is 103 Å². The van der Waals surface area contributed by atoms with Crippen molar-refractivity contribution in [1.29, 1.82) is 0 Å². The van der Waals surface area contributed by atoms with Gasteiger partial charge in [0, 0.05) is 61.0 Å². The van der Waals surface area contributed by atoms with Gasteiger partial charge in [0.1, 0.15) is 72.0 Å². The number of carbonyl (C=O) groups is 6. The number of hydrogen-bond donors (Lipinski definition) is 13. The number of nitrogens with one attached hydrogen (secondary N) is 2. The average Bonchev–Trinajstić information content (AvgIpc) is 1.13. The molecule has 4 aromatic carbocycles. The number of ether oxygens (including phenoxy) is 6. The molecular formula is C96H120N18O29. The monoisotopic (exact) mass is 1990 g/mol. The first-order chi connectivity index (χ1) is 68.9. The first kappa shape index (κ1) is 110. The van der Waals surface area contributed by atoms with E-state index in [1.165, 1.54) is 46.7 Å². The fourth-order valence-electron chi connectivity index (χ4n) is 15.2. The molecule has 7 aromatic heterocycles. The van der Waals surface area contributed by atoms with Crippen molar-refractivity contribution in [2.75, 3.05) is 67.8 Å². The Balaban J connectivity index is 0.000000188. The summed E-state index contributed by atoms with van der Waals surface area (Å²) in [6.45, 7) is 13.5. The summed E-state index contributed by atoms with van der Waals surface area (Å²) in [7, 11) is 5.82. The van der Waals surface area contributed by atoms with Crippen LogP contribution >= 0.6 is 0 Å². The van der Waals surface area contributed by atoms with Gasteiger partial charge in [0.15, 0.2) is 22.3 Å². The molecule has 4 fully saturated rings. The van der Waals surface area contributed by atoms with Crippen LogP contribution in [0, 0.1) is 23.7 Å². The van der Waals surface area contributed by atoms with Crippen molar-refractivity contribution < 1.29 is 122 Å². The summed E-state index contributed by atoms with van der Waals surface area (Å²) < 4.78 is 52.5. The molecule has 4 aliphatic rings. The molecule has 0 saturated heterocycles. The van der Waals surface area contributed by atoms with Crippen molar-refractivity contribution in [1.82, 2.24) is 84.4 Å². The lowest BCUT2D eigenvalue weighted by molar-refractivity contribution is -0.151. The van der Waals surface area contributed by atoms with Crippen LogP contribution in [0.15, 0.2) is 105 Å². The predicted octanol–water partition coefficient (Wildman–Crippen LogP) is 6.66. The smallest absolute Gasteiger partial charge is 0.317 e. The molecule has 143 heavy (non-hydrogen) atoms. The standard InChI is InChI=1S/C25H31N5O6.C23H26N4O7.C21H22N4O7.C18H22N4O5.C5H8O4.C4H11N/c1-4-29(5-2)20(32)13-19-27-28-24(36-19)21-23(33)26-18(12-11-15-9-10-15)30(25(21)34)22-16(14-31)7-6-8-17(22)35-3;1-3-33-18(29)11-17-25-26-22(34-17)19-21(30)24-16(10-9-13-7-8-13)27(23(19)31)20-14(12-28)5-4-6-15(20)32-2;1-31-13-4-2-3-12(10-26)18(13)25-14(8-7-11-5-6-11)22-19(29)17(21(25)30)20-24-23-15(32-20)9-16(27)28;1-27-12-4-2-3-11(9-23)15(12)22-13(8-7-10-5-6-10)20-16(24)14(18(22)26)17(25)21-19;1-2-9-5(8)3-4(6)7;1-3-5-4-2/h6-8,15,31,33H,4-5,9-14H2,1-3H3;4-6,13,28,30H,3,7-12H2,1-2H3;2-4,11,26,29H,5-10H2,1H3,(H,27,28);2-4,10,23-24H,5-9,19H2,1H3,(H,21,25);2-3H2,1H3,(H,6,7);5H,3-4H2,1-2H3. The molecule has 768 valence electrons. The molecule has 14 N–H and O–H groups in total. The first-order valence-electron chi connectivity index (χ1n) is 46.6. The summed E-state index contributed by atoms with van der Waals surface area (Å²) in [5, 5.41) is 125. The number of aliphatic carboxylic acids is 2. The van der Waals surface area contributed by atoms with Gasteiger partial charge >= 0.3 is 23.9 Å². The van der Waals surface area contributed by atoms with Gasteiger partial charge in [-0.15, -0.1) is 30.6 Å². The Bertz CT molecular complexity index is 6410. The molecule has 0 aliphatic heterocycles. The van der Waals surface area contributed by atoms with Crippen LogP contribution < -0.4 is 57.8 Å². The number of nitrogens with two attached hydrogens (primary N) is 1. The van der Waals surface area contributed by atoms with Crippen molar-refractivity contribution in [2.24, 2.45) is 29.5 Å². The number of aryl methyl sites for hydroxylation is 4. The van der Waals surface area contributed by atoms with E-state index in [1.807, 2.05) is 19.3 Å². The summed E-state index contributed by atoms with van der Waals surface area (Å²) in [6.07, 6.45) is 12.4. The Labute approximate surface area is 818 Å². The summed E-state index contributed by atoms with van der Waals surface area (Å²) in [4.78, 5) is 140. The van der Waals surface area contributed by atoms with Gasteiger partial charge in [-0.2, -0.15) is 19.9 Å². The lowest BCUT2D eigenvalue weighted by Crippen LogP contribution is -2.38. The Morgan fingerprint density at radius 2 is 0.713 bits per heavy atom. The maximum Gasteiger partial charge on any atom is 0.317 e. The van der Waals surface area contributed by atoms with E-state index in [1.54, 1.807) is 91.5 Å². The normalized spacial score (nSPS) is 12.8. The third kappa shape index (κ3) is 28.8. The van der Waals surface area contributed by atoms with E-state index in [0.29, 0.717) is 142 Å². The second-order valence-electron chi connectivity index (χ2n) is 33.0. The highest BCUT2D eigenvalue weighted by atomic mass is 16.5. The molecule has 0 atom stereocenters. The molecule has 0 spiro atoms. The third-order valence-corrected chi connectivity index (χ3v) is 23.0. The highest BCUT2D eigenvalue weighted by molar-refractivity contribution is 5.95. The topological polar surface area (TPSA) is 670 Å². The maximum atomic E-state index is 13.9. The molecule has 4 aliphatic carbocycles. The molecule has 15 rings (SSSR count). The number of aliphatic hydroxyl groups is 4. The Morgan fingerprint density at radius 1 is 0.413 bits per heavy atom. The number of likely N-dealkylation sites (N-methyl/N-ethyl adjacent to an activating group) is 1. The van der Waals surface area contributed by atoms with Crippen molar-refractivity contribution in [3.8, 4) is 104 Å². The van der Waals surface area contributed by atoms with E-state index in [-0.39, 0.29) is 122 Å². The first-order valence-corrected chi connectivity index (χ1v) is 46.6. The summed E-state index contributed by atoms with van der Waals surface area (Å²) in [5.41, 5.74) is 0.535. The molecule has 0 radical (unpaired) electrons. The fourth-order valence-corrected chi connectivity index (χ4v) is 15.2. The van der Waals surface area contributed by atoms with Crippen LogP contribution in [0.2, 0.25) is 0 Å². The van der Waals surface area contributed by atoms with E-state index >= 15 is 0 Å². The number of methoxy groups -OCH3 is 4. The molecule has 2 amide bonds. The lowest BCUT2D eigenvalue weighted by atomic mass is 10.1. The van der Waals surface area contributed by atoms with Crippen molar-refractivity contribution in [3.63, 3.8) is 0 Å². The Kier molecular flexibility index (Phi) is 40.6. The molecular weight excluding hydrogens is 1870 g/mol. The lowest BCUT2D eigenvalue weighted by Gasteiger charge is -2.19. The van der Waals surface area contributed by atoms with Gasteiger partial charge in [-0.3, -0.25) is 71.6 Å². The largest absolute Gasteiger partial charge is 0.495 e. The van der Waals surface area contributed by atoms with Gasteiger partial charge in [0.25, 0.3) is 45.8 Å².